The van der Waals surface area contributed by atoms with E-state index >= 15 is 0 Å². The number of hydrogen-bond acceptors (Lipinski definition) is 3. The minimum atomic E-state index is -1.40. The quantitative estimate of drug-likeness (QED) is 0.531. The number of carbonyl (C=O) groups excluding carboxylic acids is 1. The van der Waals surface area contributed by atoms with Crippen LogP contribution in [0.4, 0.5) is 0 Å². The molecule has 1 aliphatic rings. The third-order valence-corrected chi connectivity index (χ3v) is 8.50. The molecule has 24 heavy (non-hydrogen) atoms. The van der Waals surface area contributed by atoms with Crippen LogP contribution in [-0.2, 0) is 20.3 Å². The minimum Gasteiger partial charge on any atom is -0.466 e. The topological polar surface area (TPSA) is 43.4 Å². The maximum atomic E-state index is 13.3. The average Bonchev–Trinajstić information content (AvgIpc) is 2.44. The molecular formula is C19H30O3SSi. The summed E-state index contributed by atoms with van der Waals surface area (Å²) < 4.78 is 18.5. The molecule has 0 aromatic heterocycles. The summed E-state index contributed by atoms with van der Waals surface area (Å²) in [6.07, 6.45) is 1.85. The van der Waals surface area contributed by atoms with Gasteiger partial charge in [-0.1, -0.05) is 37.3 Å². The van der Waals surface area contributed by atoms with E-state index in [2.05, 4.69) is 19.6 Å². The van der Waals surface area contributed by atoms with Crippen LogP contribution in [0.15, 0.2) is 29.2 Å². The zero-order valence-electron chi connectivity index (χ0n) is 15.5. The molecule has 3 nitrogen and oxygen atoms in total. The van der Waals surface area contributed by atoms with Crippen molar-refractivity contribution >= 4 is 24.8 Å². The summed E-state index contributed by atoms with van der Waals surface area (Å²) >= 11 is 0. The number of aryl methyl sites for hydroxylation is 1. The van der Waals surface area contributed by atoms with Crippen molar-refractivity contribution in [1.29, 1.82) is 0 Å². The first kappa shape index (κ1) is 19.4. The molecule has 0 radical (unpaired) electrons. The Morgan fingerprint density at radius 2 is 1.88 bits per heavy atom. The molecule has 1 aromatic carbocycles. The fraction of sp³-hybridized carbons (Fsp3) is 0.632. The molecule has 0 unspecified atom stereocenters. The summed E-state index contributed by atoms with van der Waals surface area (Å²) in [4.78, 5) is 13.1. The molecule has 0 saturated heterocycles. The van der Waals surface area contributed by atoms with Gasteiger partial charge < -0.3 is 4.74 Å². The van der Waals surface area contributed by atoms with Gasteiger partial charge in [0.2, 0.25) is 0 Å². The van der Waals surface area contributed by atoms with Crippen LogP contribution in [0.2, 0.25) is 25.7 Å². The second-order valence-corrected chi connectivity index (χ2v) is 15.2. The first-order chi connectivity index (χ1) is 11.2. The highest BCUT2D eigenvalue weighted by Gasteiger charge is 2.45. The first-order valence-electron chi connectivity index (χ1n) is 8.87. The van der Waals surface area contributed by atoms with E-state index in [0.717, 1.165) is 23.8 Å². The molecule has 0 amide bonds. The summed E-state index contributed by atoms with van der Waals surface area (Å²) in [5, 5.41) is 0.0579. The number of benzene rings is 1. The van der Waals surface area contributed by atoms with Gasteiger partial charge in [-0.2, -0.15) is 0 Å². The smallest absolute Gasteiger partial charge is 0.309 e. The second kappa shape index (κ2) is 7.96. The van der Waals surface area contributed by atoms with Gasteiger partial charge >= 0.3 is 5.97 Å². The van der Waals surface area contributed by atoms with Gasteiger partial charge in [0.1, 0.15) is 0 Å². The second-order valence-electron chi connectivity index (χ2n) is 8.01. The van der Waals surface area contributed by atoms with Crippen molar-refractivity contribution in [3.63, 3.8) is 0 Å². The number of ether oxygens (including phenoxy) is 1. The number of carbonyl (C=O) groups is 1. The average molecular weight is 367 g/mol. The van der Waals surface area contributed by atoms with Crippen molar-refractivity contribution in [1.82, 2.24) is 0 Å². The van der Waals surface area contributed by atoms with E-state index in [0.29, 0.717) is 6.61 Å². The van der Waals surface area contributed by atoms with Gasteiger partial charge in [-0.15, -0.1) is 0 Å². The molecule has 1 aromatic rings. The molecule has 1 fully saturated rings. The highest BCUT2D eigenvalue weighted by atomic mass is 32.2. The highest BCUT2D eigenvalue weighted by Crippen LogP contribution is 2.43. The number of hydrogen-bond donors (Lipinski definition) is 0. The van der Waals surface area contributed by atoms with Crippen LogP contribution in [0.25, 0.3) is 0 Å². The Kier molecular flexibility index (Phi) is 6.43. The summed E-state index contributed by atoms with van der Waals surface area (Å²) in [6.45, 7) is 11.2. The normalized spacial score (nSPS) is 23.2. The maximum Gasteiger partial charge on any atom is 0.309 e. The zero-order valence-corrected chi connectivity index (χ0v) is 17.3. The molecule has 1 saturated carbocycles. The Morgan fingerprint density at radius 1 is 1.25 bits per heavy atom. The van der Waals surface area contributed by atoms with Crippen molar-refractivity contribution in [3.05, 3.63) is 29.8 Å². The van der Waals surface area contributed by atoms with Crippen molar-refractivity contribution in [2.45, 2.75) is 62.5 Å². The van der Waals surface area contributed by atoms with Gasteiger partial charge in [0, 0.05) is 18.2 Å². The van der Waals surface area contributed by atoms with Crippen LogP contribution in [0.5, 0.6) is 0 Å². The summed E-state index contributed by atoms with van der Waals surface area (Å²) in [5.41, 5.74) is 1.17. The lowest BCUT2D eigenvalue weighted by Crippen LogP contribution is -2.45. The molecule has 0 bridgehead atoms. The van der Waals surface area contributed by atoms with E-state index < -0.39 is 18.9 Å². The van der Waals surface area contributed by atoms with E-state index in [-0.39, 0.29) is 23.1 Å². The van der Waals surface area contributed by atoms with Crippen LogP contribution in [0.3, 0.4) is 0 Å². The molecule has 5 heteroatoms. The largest absolute Gasteiger partial charge is 0.466 e. The monoisotopic (exact) mass is 366 g/mol. The Labute approximate surface area is 149 Å². The van der Waals surface area contributed by atoms with Crippen LogP contribution < -0.4 is 0 Å². The third kappa shape index (κ3) is 4.79. The standard InChI is InChI=1S/C19H30O3SSi/c1-6-22-19(20)17-12-11-16(17)18(13-24(3,4)5)23(21)15-9-7-14(2)8-10-15/h7-10,16-18H,6,11-13H2,1-5H3/t16-,17-,18-,23-/m0/s1. The molecule has 0 N–H and O–H groups in total. The first-order valence-corrected chi connectivity index (χ1v) is 13.8. The third-order valence-electron chi connectivity index (χ3n) is 4.74. The molecule has 134 valence electrons. The van der Waals surface area contributed by atoms with Gasteiger partial charge in [-0.3, -0.25) is 9.00 Å². The van der Waals surface area contributed by atoms with Gasteiger partial charge in [0.05, 0.1) is 23.3 Å². The van der Waals surface area contributed by atoms with E-state index in [4.69, 9.17) is 4.74 Å². The Balaban J connectivity index is 2.23. The summed E-state index contributed by atoms with van der Waals surface area (Å²) in [5.74, 6) is 0.0221. The molecule has 0 aliphatic heterocycles. The van der Waals surface area contributed by atoms with Crippen molar-refractivity contribution in [2.75, 3.05) is 6.61 Å². The van der Waals surface area contributed by atoms with Crippen LogP contribution in [0.1, 0.15) is 25.3 Å². The van der Waals surface area contributed by atoms with Crippen LogP contribution >= 0.6 is 0 Å². The molecular weight excluding hydrogens is 336 g/mol. The lowest BCUT2D eigenvalue weighted by molar-refractivity contribution is -0.154. The van der Waals surface area contributed by atoms with Crippen LogP contribution in [-0.4, -0.2) is 30.1 Å². The Bertz CT molecular complexity index is 592. The van der Waals surface area contributed by atoms with E-state index in [9.17, 15) is 9.00 Å². The zero-order chi connectivity index (χ0) is 17.9. The molecule has 1 aliphatic carbocycles. The molecule has 0 spiro atoms. The van der Waals surface area contributed by atoms with E-state index in [1.165, 1.54) is 5.56 Å². The Morgan fingerprint density at radius 3 is 2.33 bits per heavy atom. The van der Waals surface area contributed by atoms with Crippen LogP contribution in [0, 0.1) is 18.8 Å². The summed E-state index contributed by atoms with van der Waals surface area (Å²) in [7, 11) is -2.47. The van der Waals surface area contributed by atoms with Crippen molar-refractivity contribution in [2.24, 2.45) is 11.8 Å². The SMILES string of the molecule is CCOC(=O)[C@H]1CC[C@@H]1[C@H](C[Si](C)(C)C)[S@@](=O)c1ccc(C)cc1. The van der Waals surface area contributed by atoms with Gasteiger partial charge in [-0.25, -0.2) is 0 Å². The molecule has 0 heterocycles. The number of rotatable bonds is 7. The highest BCUT2D eigenvalue weighted by molar-refractivity contribution is 7.85. The Hall–Kier alpha value is -0.943. The van der Waals surface area contributed by atoms with Gasteiger partial charge in [-0.05, 0) is 50.8 Å². The van der Waals surface area contributed by atoms with Crippen molar-refractivity contribution < 1.29 is 13.7 Å². The predicted octanol–water partition coefficient (Wildman–Crippen LogP) is 4.40. The van der Waals surface area contributed by atoms with Crippen molar-refractivity contribution in [3.8, 4) is 0 Å². The van der Waals surface area contributed by atoms with Gasteiger partial charge in [0.15, 0.2) is 0 Å². The predicted molar refractivity (Wildman–Crippen MR) is 102 cm³/mol. The molecule has 4 atom stereocenters. The van der Waals surface area contributed by atoms with Gasteiger partial charge in [0.25, 0.3) is 0 Å². The fourth-order valence-corrected chi connectivity index (χ4v) is 8.36. The molecule has 2 rings (SSSR count). The lowest BCUT2D eigenvalue weighted by Gasteiger charge is -2.41. The maximum absolute atomic E-state index is 13.3. The summed E-state index contributed by atoms with van der Waals surface area (Å²) in [6, 6.07) is 8.96. The number of esters is 1. The van der Waals surface area contributed by atoms with E-state index in [1.54, 1.807) is 0 Å². The van der Waals surface area contributed by atoms with E-state index in [1.807, 2.05) is 38.1 Å². The fourth-order valence-electron chi connectivity index (χ4n) is 3.35. The lowest BCUT2D eigenvalue weighted by atomic mass is 9.72. The minimum absolute atomic E-state index is 0.0579.